The van der Waals surface area contributed by atoms with E-state index in [0.29, 0.717) is 12.2 Å². The van der Waals surface area contributed by atoms with Gasteiger partial charge in [0.25, 0.3) is 0 Å². The summed E-state index contributed by atoms with van der Waals surface area (Å²) >= 11 is 0. The van der Waals surface area contributed by atoms with Crippen molar-refractivity contribution in [3.05, 3.63) is 54.2 Å². The Labute approximate surface area is 117 Å². The van der Waals surface area contributed by atoms with Crippen LogP contribution in [0, 0.1) is 5.92 Å². The second-order valence-corrected chi connectivity index (χ2v) is 5.07. The van der Waals surface area contributed by atoms with Gasteiger partial charge in [0.05, 0.1) is 6.17 Å². The molecule has 2 aromatic rings. The molecule has 1 saturated heterocycles. The van der Waals surface area contributed by atoms with Crippen LogP contribution in [-0.2, 0) is 0 Å². The molecule has 5 heteroatoms. The molecule has 1 unspecified atom stereocenters. The van der Waals surface area contributed by atoms with Crippen LogP contribution in [-0.4, -0.2) is 28.8 Å². The van der Waals surface area contributed by atoms with Gasteiger partial charge < -0.3 is 10.2 Å². The zero-order valence-electron chi connectivity index (χ0n) is 11.1. The summed E-state index contributed by atoms with van der Waals surface area (Å²) in [4.78, 5) is 18.3. The number of nitrogens with zero attached hydrogens (tertiary/aromatic N) is 2. The molecule has 3 rings (SSSR count). The van der Waals surface area contributed by atoms with E-state index >= 15 is 0 Å². The predicted molar refractivity (Wildman–Crippen MR) is 73.9 cm³/mol. The number of hydrogen-bond acceptors (Lipinski definition) is 5. The summed E-state index contributed by atoms with van der Waals surface area (Å²) in [6.07, 6.45) is 3.34. The first-order chi connectivity index (χ1) is 9.75. The molecule has 0 saturated carbocycles. The molecule has 20 heavy (non-hydrogen) atoms. The Morgan fingerprint density at radius 1 is 1.40 bits per heavy atom. The molecule has 104 valence electrons. The van der Waals surface area contributed by atoms with Crippen LogP contribution in [0.3, 0.4) is 0 Å². The van der Waals surface area contributed by atoms with E-state index in [2.05, 4.69) is 9.88 Å². The van der Waals surface area contributed by atoms with Gasteiger partial charge in [0.15, 0.2) is 12.2 Å². The molecular formula is C15H17N3O2. The van der Waals surface area contributed by atoms with E-state index in [1.807, 2.05) is 30.3 Å². The van der Waals surface area contributed by atoms with Gasteiger partial charge in [-0.3, -0.25) is 9.69 Å². The smallest absolute Gasteiger partial charge is 0.188 e. The van der Waals surface area contributed by atoms with E-state index in [4.69, 9.17) is 10.2 Å². The molecule has 0 amide bonds. The molecule has 2 N–H and O–H groups in total. The van der Waals surface area contributed by atoms with E-state index in [1.165, 1.54) is 12.7 Å². The number of rotatable bonds is 4. The highest BCUT2D eigenvalue weighted by molar-refractivity contribution is 5.96. The number of benzene rings is 1. The Kier molecular flexibility index (Phi) is 3.62. The second-order valence-electron chi connectivity index (χ2n) is 5.07. The summed E-state index contributed by atoms with van der Waals surface area (Å²) < 4.78 is 4.87. The summed E-state index contributed by atoms with van der Waals surface area (Å²) in [6.45, 7) is 1.49. The number of nitrogens with two attached hydrogens (primary N) is 1. The van der Waals surface area contributed by atoms with Crippen LogP contribution < -0.4 is 5.73 Å². The third-order valence-electron chi connectivity index (χ3n) is 3.81. The summed E-state index contributed by atoms with van der Waals surface area (Å²) in [6, 6.07) is 9.94. The Balaban J connectivity index is 1.66. The van der Waals surface area contributed by atoms with Crippen LogP contribution in [0.1, 0.15) is 28.6 Å². The number of Topliss-reactive ketones (excluding diaryl/α,β-unsaturated/α-hetero) is 1. The maximum atomic E-state index is 12.2. The van der Waals surface area contributed by atoms with Crippen molar-refractivity contribution in [2.45, 2.75) is 12.6 Å². The molecule has 0 aliphatic carbocycles. The standard InChI is InChI=1S/C15H17N3O2/c16-15(11-4-2-1-3-5-11)18-7-6-12(8-18)14(19)13-9-20-10-17-13/h1-5,9-10,12,15H,6-8,16H2/t12?,15-/m1/s1. The quantitative estimate of drug-likeness (QED) is 0.859. The molecule has 0 spiro atoms. The predicted octanol–water partition coefficient (Wildman–Crippen LogP) is 1.84. The van der Waals surface area contributed by atoms with Gasteiger partial charge in [-0.15, -0.1) is 0 Å². The van der Waals surface area contributed by atoms with Crippen molar-refractivity contribution in [1.29, 1.82) is 0 Å². The zero-order valence-corrected chi connectivity index (χ0v) is 11.1. The fourth-order valence-electron chi connectivity index (χ4n) is 2.66. The maximum absolute atomic E-state index is 12.2. The van der Waals surface area contributed by atoms with Crippen LogP contribution >= 0.6 is 0 Å². The Morgan fingerprint density at radius 3 is 2.90 bits per heavy atom. The summed E-state index contributed by atoms with van der Waals surface area (Å²) in [5.74, 6) is -0.00336. The molecule has 1 aromatic carbocycles. The molecule has 0 radical (unpaired) electrons. The van der Waals surface area contributed by atoms with Gasteiger partial charge in [-0.25, -0.2) is 4.98 Å². The maximum Gasteiger partial charge on any atom is 0.188 e. The van der Waals surface area contributed by atoms with Crippen molar-refractivity contribution in [2.75, 3.05) is 13.1 Å². The number of ketones is 1. The number of aromatic nitrogens is 1. The van der Waals surface area contributed by atoms with Crippen LogP contribution in [0.2, 0.25) is 0 Å². The van der Waals surface area contributed by atoms with Gasteiger partial charge in [-0.2, -0.15) is 0 Å². The van der Waals surface area contributed by atoms with Crippen LogP contribution in [0.5, 0.6) is 0 Å². The van der Waals surface area contributed by atoms with Crippen molar-refractivity contribution < 1.29 is 9.21 Å². The van der Waals surface area contributed by atoms with Gasteiger partial charge in [-0.1, -0.05) is 30.3 Å². The first-order valence-electron chi connectivity index (χ1n) is 6.72. The first-order valence-corrected chi connectivity index (χ1v) is 6.72. The van der Waals surface area contributed by atoms with E-state index in [-0.39, 0.29) is 17.9 Å². The fraction of sp³-hybridized carbons (Fsp3) is 0.333. The molecular weight excluding hydrogens is 254 g/mol. The Hall–Kier alpha value is -1.98. The molecule has 2 heterocycles. The normalized spacial score (nSPS) is 20.9. The third kappa shape index (κ3) is 2.50. The highest BCUT2D eigenvalue weighted by Crippen LogP contribution is 2.26. The number of carbonyl (C=O) groups excluding carboxylic acids is 1. The second kappa shape index (κ2) is 5.56. The Bertz CT molecular complexity index is 568. The number of hydrogen-bond donors (Lipinski definition) is 1. The van der Waals surface area contributed by atoms with Gasteiger partial charge in [0.1, 0.15) is 12.0 Å². The lowest BCUT2D eigenvalue weighted by molar-refractivity contribution is 0.0913. The first kappa shape index (κ1) is 13.0. The molecule has 1 fully saturated rings. The highest BCUT2D eigenvalue weighted by atomic mass is 16.3. The van der Waals surface area contributed by atoms with Gasteiger partial charge in [0.2, 0.25) is 0 Å². The lowest BCUT2D eigenvalue weighted by Crippen LogP contribution is -2.33. The largest absolute Gasteiger partial charge is 0.451 e. The SMILES string of the molecule is N[C@@H](c1ccccc1)N1CCC(C(=O)c2cocn2)C1. The van der Waals surface area contributed by atoms with Crippen molar-refractivity contribution in [2.24, 2.45) is 11.7 Å². The van der Waals surface area contributed by atoms with E-state index < -0.39 is 0 Å². The number of oxazole rings is 1. The summed E-state index contributed by atoms with van der Waals surface area (Å²) in [7, 11) is 0. The van der Waals surface area contributed by atoms with Crippen LogP contribution in [0.15, 0.2) is 47.4 Å². The average Bonchev–Trinajstić information content (AvgIpc) is 3.18. The van der Waals surface area contributed by atoms with Crippen molar-refractivity contribution in [1.82, 2.24) is 9.88 Å². The molecule has 1 aromatic heterocycles. The van der Waals surface area contributed by atoms with Crippen LogP contribution in [0.4, 0.5) is 0 Å². The minimum absolute atomic E-state index is 0.0431. The third-order valence-corrected chi connectivity index (χ3v) is 3.81. The highest BCUT2D eigenvalue weighted by Gasteiger charge is 2.32. The Morgan fingerprint density at radius 2 is 2.20 bits per heavy atom. The van der Waals surface area contributed by atoms with Crippen molar-refractivity contribution >= 4 is 5.78 Å². The van der Waals surface area contributed by atoms with Crippen LogP contribution in [0.25, 0.3) is 0 Å². The lowest BCUT2D eigenvalue weighted by Gasteiger charge is -2.24. The topological polar surface area (TPSA) is 72.4 Å². The zero-order chi connectivity index (χ0) is 13.9. The van der Waals surface area contributed by atoms with Crippen molar-refractivity contribution in [3.63, 3.8) is 0 Å². The molecule has 0 bridgehead atoms. The van der Waals surface area contributed by atoms with Gasteiger partial charge in [0, 0.05) is 19.0 Å². The molecule has 1 aliphatic rings. The lowest BCUT2D eigenvalue weighted by atomic mass is 10.0. The summed E-state index contributed by atoms with van der Waals surface area (Å²) in [5.41, 5.74) is 7.74. The average molecular weight is 271 g/mol. The number of likely N-dealkylation sites (tertiary alicyclic amines) is 1. The molecule has 2 atom stereocenters. The van der Waals surface area contributed by atoms with E-state index in [0.717, 1.165) is 18.5 Å². The van der Waals surface area contributed by atoms with E-state index in [1.54, 1.807) is 0 Å². The molecule has 1 aliphatic heterocycles. The van der Waals surface area contributed by atoms with Crippen molar-refractivity contribution in [3.8, 4) is 0 Å². The minimum Gasteiger partial charge on any atom is -0.451 e. The van der Waals surface area contributed by atoms with Gasteiger partial charge in [-0.05, 0) is 12.0 Å². The summed E-state index contributed by atoms with van der Waals surface area (Å²) in [5, 5.41) is 0. The number of carbonyl (C=O) groups is 1. The monoisotopic (exact) mass is 271 g/mol. The molecule has 5 nitrogen and oxygen atoms in total. The van der Waals surface area contributed by atoms with E-state index in [9.17, 15) is 4.79 Å². The minimum atomic E-state index is -0.161. The fourth-order valence-corrected chi connectivity index (χ4v) is 2.66. The van der Waals surface area contributed by atoms with Gasteiger partial charge >= 0.3 is 0 Å².